The van der Waals surface area contributed by atoms with Crippen molar-refractivity contribution in [3.63, 3.8) is 0 Å². The molecule has 0 saturated carbocycles. The summed E-state index contributed by atoms with van der Waals surface area (Å²) in [5.74, 6) is -0.335. The van der Waals surface area contributed by atoms with E-state index in [0.29, 0.717) is 11.4 Å². The number of carbonyl (C=O) groups is 1. The van der Waals surface area contributed by atoms with Crippen LogP contribution in [-0.2, 0) is 7.05 Å². The van der Waals surface area contributed by atoms with Gasteiger partial charge in [-0.05, 0) is 31.5 Å². The van der Waals surface area contributed by atoms with Gasteiger partial charge in [-0.3, -0.25) is 9.48 Å². The van der Waals surface area contributed by atoms with Crippen LogP contribution in [0.15, 0.2) is 12.3 Å². The Balaban J connectivity index is 2.24. The van der Waals surface area contributed by atoms with Crippen molar-refractivity contribution in [1.82, 2.24) is 19.7 Å². The van der Waals surface area contributed by atoms with Gasteiger partial charge in [0.1, 0.15) is 5.69 Å². The number of rotatable bonds is 2. The summed E-state index contributed by atoms with van der Waals surface area (Å²) in [6.45, 7) is 3.56. The Hall–Kier alpha value is -1.95. The Kier molecular flexibility index (Phi) is 3.29. The average molecular weight is 266 g/mol. The number of carbonyl (C=O) groups excluding carboxylic acids is 1. The maximum atomic E-state index is 12.0. The minimum absolute atomic E-state index is 0.0584. The molecule has 0 aliphatic rings. The van der Waals surface area contributed by atoms with Crippen LogP contribution in [0.1, 0.15) is 21.9 Å². The van der Waals surface area contributed by atoms with E-state index in [9.17, 15) is 4.79 Å². The molecule has 2 aromatic rings. The third kappa shape index (κ3) is 2.65. The molecule has 0 saturated heterocycles. The minimum atomic E-state index is -0.335. The molecule has 0 bridgehead atoms. The van der Waals surface area contributed by atoms with E-state index in [-0.39, 0.29) is 16.9 Å². The number of aryl methyl sites for hydroxylation is 3. The van der Waals surface area contributed by atoms with Crippen molar-refractivity contribution >= 4 is 23.2 Å². The third-order valence-electron chi connectivity index (χ3n) is 2.32. The van der Waals surface area contributed by atoms with E-state index in [1.807, 2.05) is 6.92 Å². The second-order valence-electron chi connectivity index (χ2n) is 3.92. The number of halogens is 1. The molecule has 0 aromatic carbocycles. The molecular formula is C11H12ClN5O. The van der Waals surface area contributed by atoms with Gasteiger partial charge in [-0.25, -0.2) is 9.97 Å². The number of aromatic nitrogens is 4. The number of anilines is 1. The van der Waals surface area contributed by atoms with Gasteiger partial charge in [-0.1, -0.05) is 0 Å². The first kappa shape index (κ1) is 12.5. The first-order chi connectivity index (χ1) is 8.45. The Labute approximate surface area is 109 Å². The normalized spacial score (nSPS) is 10.4. The molecule has 0 aliphatic carbocycles. The number of nitrogens with one attached hydrogen (secondary N) is 1. The molecule has 2 rings (SSSR count). The third-order valence-corrected chi connectivity index (χ3v) is 2.49. The highest BCUT2D eigenvalue weighted by Gasteiger charge is 2.12. The van der Waals surface area contributed by atoms with Crippen LogP contribution in [0.2, 0.25) is 5.28 Å². The molecule has 6 nitrogen and oxygen atoms in total. The van der Waals surface area contributed by atoms with Gasteiger partial charge < -0.3 is 5.32 Å². The van der Waals surface area contributed by atoms with Gasteiger partial charge in [-0.2, -0.15) is 5.10 Å². The smallest absolute Gasteiger partial charge is 0.274 e. The largest absolute Gasteiger partial charge is 0.318 e. The van der Waals surface area contributed by atoms with Gasteiger partial charge in [-0.15, -0.1) is 0 Å². The summed E-state index contributed by atoms with van der Waals surface area (Å²) in [7, 11) is 1.79. The minimum Gasteiger partial charge on any atom is -0.318 e. The van der Waals surface area contributed by atoms with E-state index in [1.165, 1.54) is 0 Å². The van der Waals surface area contributed by atoms with E-state index in [2.05, 4.69) is 20.4 Å². The molecular weight excluding hydrogens is 254 g/mol. The summed E-state index contributed by atoms with van der Waals surface area (Å²) in [5.41, 5.74) is 2.26. The zero-order valence-corrected chi connectivity index (χ0v) is 11.0. The molecule has 94 valence electrons. The molecule has 18 heavy (non-hydrogen) atoms. The highest BCUT2D eigenvalue weighted by atomic mass is 35.5. The second kappa shape index (κ2) is 4.73. The first-order valence-electron chi connectivity index (χ1n) is 5.28. The molecule has 0 atom stereocenters. The lowest BCUT2D eigenvalue weighted by Gasteiger charge is -2.03. The molecule has 0 spiro atoms. The predicted molar refractivity (Wildman–Crippen MR) is 67.7 cm³/mol. The molecule has 1 N–H and O–H groups in total. The Bertz CT molecular complexity index is 587. The standard InChI is InChI=1S/C11H12ClN5O/c1-6-4-8(15-11(12)13-6)10(18)14-9-5-17(3)16-7(9)2/h4-5H,1-3H3,(H,14,18). The number of hydrogen-bond donors (Lipinski definition) is 1. The van der Waals surface area contributed by atoms with Crippen LogP contribution in [-0.4, -0.2) is 25.7 Å². The summed E-state index contributed by atoms with van der Waals surface area (Å²) in [4.78, 5) is 19.8. The lowest BCUT2D eigenvalue weighted by Crippen LogP contribution is -2.14. The summed E-state index contributed by atoms with van der Waals surface area (Å²) >= 11 is 5.71. The van der Waals surface area contributed by atoms with Crippen molar-refractivity contribution < 1.29 is 4.79 Å². The molecule has 1 amide bonds. The Morgan fingerprint density at radius 3 is 2.67 bits per heavy atom. The lowest BCUT2D eigenvalue weighted by molar-refractivity contribution is 0.102. The maximum Gasteiger partial charge on any atom is 0.274 e. The van der Waals surface area contributed by atoms with E-state index in [0.717, 1.165) is 5.69 Å². The van der Waals surface area contributed by atoms with Crippen LogP contribution in [0.5, 0.6) is 0 Å². The van der Waals surface area contributed by atoms with Crippen molar-refractivity contribution in [2.45, 2.75) is 13.8 Å². The number of nitrogens with zero attached hydrogens (tertiary/aromatic N) is 4. The van der Waals surface area contributed by atoms with Crippen molar-refractivity contribution in [3.8, 4) is 0 Å². The van der Waals surface area contributed by atoms with Gasteiger partial charge in [0.05, 0.1) is 11.4 Å². The molecule has 0 radical (unpaired) electrons. The van der Waals surface area contributed by atoms with Gasteiger partial charge in [0.15, 0.2) is 0 Å². The highest BCUT2D eigenvalue weighted by Crippen LogP contribution is 2.13. The van der Waals surface area contributed by atoms with Crippen LogP contribution in [0.25, 0.3) is 0 Å². The Morgan fingerprint density at radius 1 is 1.39 bits per heavy atom. The van der Waals surface area contributed by atoms with Gasteiger partial charge in [0.25, 0.3) is 5.91 Å². The SMILES string of the molecule is Cc1cc(C(=O)Nc2cn(C)nc2C)nc(Cl)n1. The van der Waals surface area contributed by atoms with Crippen LogP contribution >= 0.6 is 11.6 Å². The Morgan fingerprint density at radius 2 is 2.11 bits per heavy atom. The van der Waals surface area contributed by atoms with Crippen LogP contribution in [0.3, 0.4) is 0 Å². The summed E-state index contributed by atoms with van der Waals surface area (Å²) in [6.07, 6.45) is 1.73. The fourth-order valence-electron chi connectivity index (χ4n) is 1.56. The molecule has 0 unspecified atom stereocenters. The predicted octanol–water partition coefficient (Wildman–Crippen LogP) is 1.73. The molecule has 0 aliphatic heterocycles. The molecule has 0 fully saturated rings. The highest BCUT2D eigenvalue weighted by molar-refractivity contribution is 6.28. The zero-order chi connectivity index (χ0) is 13.3. The molecule has 2 aromatic heterocycles. The monoisotopic (exact) mass is 265 g/mol. The number of amides is 1. The second-order valence-corrected chi connectivity index (χ2v) is 4.26. The molecule has 2 heterocycles. The average Bonchev–Trinajstić information content (AvgIpc) is 2.56. The van der Waals surface area contributed by atoms with Crippen molar-refractivity contribution in [3.05, 3.63) is 34.6 Å². The molecule has 7 heteroatoms. The summed E-state index contributed by atoms with van der Waals surface area (Å²) < 4.78 is 1.63. The van der Waals surface area contributed by atoms with E-state index in [4.69, 9.17) is 11.6 Å². The van der Waals surface area contributed by atoms with E-state index < -0.39 is 0 Å². The van der Waals surface area contributed by atoms with E-state index in [1.54, 1.807) is 30.9 Å². The quantitative estimate of drug-likeness (QED) is 0.840. The first-order valence-corrected chi connectivity index (χ1v) is 5.66. The summed E-state index contributed by atoms with van der Waals surface area (Å²) in [5, 5.41) is 6.92. The topological polar surface area (TPSA) is 72.7 Å². The van der Waals surface area contributed by atoms with Crippen LogP contribution in [0.4, 0.5) is 5.69 Å². The zero-order valence-electron chi connectivity index (χ0n) is 10.2. The maximum absolute atomic E-state index is 12.0. The van der Waals surface area contributed by atoms with Crippen molar-refractivity contribution in [1.29, 1.82) is 0 Å². The van der Waals surface area contributed by atoms with Crippen LogP contribution in [0, 0.1) is 13.8 Å². The van der Waals surface area contributed by atoms with Crippen LogP contribution < -0.4 is 5.32 Å². The fraction of sp³-hybridized carbons (Fsp3) is 0.273. The summed E-state index contributed by atoms with van der Waals surface area (Å²) in [6, 6.07) is 1.58. The van der Waals surface area contributed by atoms with Gasteiger partial charge >= 0.3 is 0 Å². The van der Waals surface area contributed by atoms with Gasteiger partial charge in [0.2, 0.25) is 5.28 Å². The number of hydrogen-bond acceptors (Lipinski definition) is 4. The lowest BCUT2D eigenvalue weighted by atomic mass is 10.3. The fourth-order valence-corrected chi connectivity index (χ4v) is 1.78. The van der Waals surface area contributed by atoms with Crippen molar-refractivity contribution in [2.24, 2.45) is 7.05 Å². The van der Waals surface area contributed by atoms with Crippen molar-refractivity contribution in [2.75, 3.05) is 5.32 Å². The van der Waals surface area contributed by atoms with E-state index >= 15 is 0 Å². The van der Waals surface area contributed by atoms with Gasteiger partial charge in [0, 0.05) is 18.9 Å².